The van der Waals surface area contributed by atoms with Gasteiger partial charge in [0.25, 0.3) is 0 Å². The molecule has 0 aromatic carbocycles. The number of nitrogens with one attached hydrogen (secondary N) is 1. The van der Waals surface area contributed by atoms with Crippen LogP contribution >= 0.6 is 0 Å². The van der Waals surface area contributed by atoms with Crippen LogP contribution in [-0.4, -0.2) is 55.1 Å². The van der Waals surface area contributed by atoms with Gasteiger partial charge in [-0.1, -0.05) is 0 Å². The smallest absolute Gasteiger partial charge is 0.163 e. The highest BCUT2D eigenvalue weighted by molar-refractivity contribution is 5.98. The van der Waals surface area contributed by atoms with Gasteiger partial charge in [0, 0.05) is 32.4 Å². The Kier molecular flexibility index (Phi) is 4.66. The Hall–Kier alpha value is -1.46. The van der Waals surface area contributed by atoms with E-state index >= 15 is 0 Å². The fourth-order valence-electron chi connectivity index (χ4n) is 1.99. The summed E-state index contributed by atoms with van der Waals surface area (Å²) in [5, 5.41) is 3.23. The van der Waals surface area contributed by atoms with Gasteiger partial charge in [0.15, 0.2) is 5.78 Å². The van der Waals surface area contributed by atoms with Crippen molar-refractivity contribution in [3.63, 3.8) is 0 Å². The highest BCUT2D eigenvalue weighted by Crippen LogP contribution is 2.11. The second-order valence-electron chi connectivity index (χ2n) is 4.34. The lowest BCUT2D eigenvalue weighted by atomic mass is 10.2. The highest BCUT2D eigenvalue weighted by Gasteiger charge is 2.11. The molecule has 0 saturated carbocycles. The van der Waals surface area contributed by atoms with Crippen LogP contribution < -0.4 is 5.32 Å². The molecule has 1 aromatic rings. The molecule has 0 bridgehead atoms. The molecule has 0 atom stereocenters. The van der Waals surface area contributed by atoms with Crippen molar-refractivity contribution in [2.24, 2.45) is 0 Å². The van der Waals surface area contributed by atoms with Crippen LogP contribution in [0, 0.1) is 0 Å². The molecule has 2 rings (SSSR count). The third kappa shape index (κ3) is 3.51. The van der Waals surface area contributed by atoms with Gasteiger partial charge >= 0.3 is 0 Å². The third-order valence-corrected chi connectivity index (χ3v) is 3.01. The first-order chi connectivity index (χ1) is 8.77. The summed E-state index contributed by atoms with van der Waals surface area (Å²) in [6.07, 6.45) is 1.70. The maximum Gasteiger partial charge on any atom is 0.163 e. The van der Waals surface area contributed by atoms with Crippen molar-refractivity contribution in [2.75, 3.05) is 44.7 Å². The number of ketones is 1. The van der Waals surface area contributed by atoms with Crippen LogP contribution in [0.1, 0.15) is 17.3 Å². The average molecular weight is 249 g/mol. The first kappa shape index (κ1) is 13.0. The molecule has 18 heavy (non-hydrogen) atoms. The first-order valence-electron chi connectivity index (χ1n) is 6.27. The maximum absolute atomic E-state index is 11.4. The van der Waals surface area contributed by atoms with Crippen molar-refractivity contribution in [3.05, 3.63) is 23.9 Å². The van der Waals surface area contributed by atoms with Crippen molar-refractivity contribution in [3.8, 4) is 0 Å². The molecule has 0 spiro atoms. The van der Waals surface area contributed by atoms with Crippen molar-refractivity contribution in [1.82, 2.24) is 9.88 Å². The van der Waals surface area contributed by atoms with Gasteiger partial charge in [-0.2, -0.15) is 0 Å². The molecule has 1 N–H and O–H groups in total. The van der Waals surface area contributed by atoms with E-state index in [1.54, 1.807) is 25.3 Å². The number of hydrogen-bond acceptors (Lipinski definition) is 5. The van der Waals surface area contributed by atoms with E-state index in [4.69, 9.17) is 4.74 Å². The number of aromatic nitrogens is 1. The summed E-state index contributed by atoms with van der Waals surface area (Å²) >= 11 is 0. The Morgan fingerprint density at radius 2 is 2.28 bits per heavy atom. The number of pyridine rings is 1. The van der Waals surface area contributed by atoms with Gasteiger partial charge in [0.05, 0.1) is 18.8 Å². The molecule has 0 amide bonds. The van der Waals surface area contributed by atoms with Gasteiger partial charge in [-0.3, -0.25) is 9.69 Å². The zero-order valence-corrected chi connectivity index (χ0v) is 10.7. The van der Waals surface area contributed by atoms with Crippen LogP contribution in [0.25, 0.3) is 0 Å². The number of carbonyl (C=O) groups excluding carboxylic acids is 1. The molecule has 1 saturated heterocycles. The van der Waals surface area contributed by atoms with E-state index in [0.717, 1.165) is 39.4 Å². The second kappa shape index (κ2) is 6.47. The van der Waals surface area contributed by atoms with E-state index in [2.05, 4.69) is 15.2 Å². The van der Waals surface area contributed by atoms with E-state index in [1.807, 2.05) is 0 Å². The van der Waals surface area contributed by atoms with E-state index in [0.29, 0.717) is 11.4 Å². The van der Waals surface area contributed by atoms with E-state index in [-0.39, 0.29) is 5.78 Å². The summed E-state index contributed by atoms with van der Waals surface area (Å²) < 4.78 is 5.30. The molecule has 0 aliphatic carbocycles. The van der Waals surface area contributed by atoms with Gasteiger partial charge in [-0.15, -0.1) is 0 Å². The van der Waals surface area contributed by atoms with Crippen molar-refractivity contribution in [1.29, 1.82) is 0 Å². The highest BCUT2D eigenvalue weighted by atomic mass is 16.5. The number of anilines is 1. The lowest BCUT2D eigenvalue weighted by molar-refractivity contribution is 0.0398. The van der Waals surface area contributed by atoms with Crippen molar-refractivity contribution >= 4 is 11.6 Å². The van der Waals surface area contributed by atoms with Crippen LogP contribution in [0.2, 0.25) is 0 Å². The molecule has 1 fully saturated rings. The van der Waals surface area contributed by atoms with Crippen LogP contribution in [0.5, 0.6) is 0 Å². The molecular formula is C13H19N3O2. The number of ether oxygens (including phenoxy) is 1. The molecule has 5 nitrogen and oxygen atoms in total. The third-order valence-electron chi connectivity index (χ3n) is 3.01. The number of nitrogens with zero attached hydrogens (tertiary/aromatic N) is 2. The van der Waals surface area contributed by atoms with E-state index in [9.17, 15) is 4.79 Å². The van der Waals surface area contributed by atoms with Crippen LogP contribution in [0.4, 0.5) is 5.82 Å². The van der Waals surface area contributed by atoms with Gasteiger partial charge < -0.3 is 10.1 Å². The maximum atomic E-state index is 11.4. The Morgan fingerprint density at radius 1 is 1.50 bits per heavy atom. The predicted octanol–water partition coefficient (Wildman–Crippen LogP) is 1.03. The first-order valence-corrected chi connectivity index (χ1v) is 6.27. The zero-order valence-electron chi connectivity index (χ0n) is 10.7. The summed E-state index contributed by atoms with van der Waals surface area (Å²) in [5.41, 5.74) is 0.652. The minimum absolute atomic E-state index is 0.0389. The second-order valence-corrected chi connectivity index (χ2v) is 4.34. The largest absolute Gasteiger partial charge is 0.379 e. The Balaban J connectivity index is 1.84. The molecule has 2 heterocycles. The SMILES string of the molecule is CC(=O)c1cccnc1NCCN1CCOCC1. The fraction of sp³-hybridized carbons (Fsp3) is 0.538. The number of hydrogen-bond donors (Lipinski definition) is 1. The minimum Gasteiger partial charge on any atom is -0.379 e. The molecule has 0 unspecified atom stereocenters. The Bertz CT molecular complexity index is 403. The van der Waals surface area contributed by atoms with Gasteiger partial charge in [-0.05, 0) is 19.1 Å². The number of rotatable bonds is 5. The summed E-state index contributed by atoms with van der Waals surface area (Å²) in [7, 11) is 0. The summed E-state index contributed by atoms with van der Waals surface area (Å²) in [6.45, 7) is 6.86. The Morgan fingerprint density at radius 3 is 3.00 bits per heavy atom. The minimum atomic E-state index is 0.0389. The van der Waals surface area contributed by atoms with Gasteiger partial charge in [-0.25, -0.2) is 4.98 Å². The standard InChI is InChI=1S/C13H19N3O2/c1-11(17)12-3-2-4-14-13(12)15-5-6-16-7-9-18-10-8-16/h2-4H,5-10H2,1H3,(H,14,15). The van der Waals surface area contributed by atoms with Crippen molar-refractivity contribution in [2.45, 2.75) is 6.92 Å². The van der Waals surface area contributed by atoms with Crippen LogP contribution in [-0.2, 0) is 4.74 Å². The average Bonchev–Trinajstić information content (AvgIpc) is 2.40. The normalized spacial score (nSPS) is 16.5. The molecule has 5 heteroatoms. The van der Waals surface area contributed by atoms with Crippen LogP contribution in [0.15, 0.2) is 18.3 Å². The number of Topliss-reactive ketones (excluding diaryl/α,β-unsaturated/α-hetero) is 1. The quantitative estimate of drug-likeness (QED) is 0.790. The summed E-state index contributed by atoms with van der Waals surface area (Å²) in [4.78, 5) is 18.0. The van der Waals surface area contributed by atoms with Crippen molar-refractivity contribution < 1.29 is 9.53 Å². The molecule has 98 valence electrons. The summed E-state index contributed by atoms with van der Waals surface area (Å²) in [6, 6.07) is 3.58. The number of morpholine rings is 1. The molecule has 1 aliphatic rings. The summed E-state index contributed by atoms with van der Waals surface area (Å²) in [5.74, 6) is 0.718. The number of carbonyl (C=O) groups is 1. The van der Waals surface area contributed by atoms with E-state index in [1.165, 1.54) is 0 Å². The van der Waals surface area contributed by atoms with E-state index < -0.39 is 0 Å². The molecule has 1 aliphatic heterocycles. The molecular weight excluding hydrogens is 230 g/mol. The van der Waals surface area contributed by atoms with Gasteiger partial charge in [0.1, 0.15) is 5.82 Å². The lowest BCUT2D eigenvalue weighted by Crippen LogP contribution is -2.39. The molecule has 0 radical (unpaired) electrons. The Labute approximate surface area is 107 Å². The van der Waals surface area contributed by atoms with Gasteiger partial charge in [0.2, 0.25) is 0 Å². The fourth-order valence-corrected chi connectivity index (χ4v) is 1.99. The molecule has 1 aromatic heterocycles. The predicted molar refractivity (Wildman–Crippen MR) is 70.0 cm³/mol. The lowest BCUT2D eigenvalue weighted by Gasteiger charge is -2.26. The zero-order chi connectivity index (χ0) is 12.8. The van der Waals surface area contributed by atoms with Crippen LogP contribution in [0.3, 0.4) is 0 Å². The topological polar surface area (TPSA) is 54.5 Å². The monoisotopic (exact) mass is 249 g/mol.